The topological polar surface area (TPSA) is 47.7 Å². The van der Waals surface area contributed by atoms with Gasteiger partial charge in [0.1, 0.15) is 0 Å². The van der Waals surface area contributed by atoms with Crippen molar-refractivity contribution in [2.75, 3.05) is 0 Å². The van der Waals surface area contributed by atoms with Crippen LogP contribution in [-0.4, -0.2) is 11.9 Å². The van der Waals surface area contributed by atoms with E-state index in [1.54, 1.807) is 0 Å². The Kier molecular flexibility index (Phi) is 3.19. The third kappa shape index (κ3) is 3.16. The monoisotopic (exact) mass is 98.1 g/mol. The first kappa shape index (κ1) is 6.34. The predicted molar refractivity (Wildman–Crippen MR) is 31.4 cm³/mol. The summed E-state index contributed by atoms with van der Waals surface area (Å²) in [5.41, 5.74) is 0.419. The molecule has 0 amide bonds. The van der Waals surface area contributed by atoms with Crippen LogP contribution in [0.15, 0.2) is 0 Å². The summed E-state index contributed by atoms with van der Waals surface area (Å²) in [4.78, 5) is 0. The summed E-state index contributed by atoms with van der Waals surface area (Å²) >= 11 is 0. The third-order valence-corrected chi connectivity index (χ3v) is 0.694. The van der Waals surface area contributed by atoms with Crippen molar-refractivity contribution in [3.63, 3.8) is 0 Å². The molecule has 0 saturated carbocycles. The number of hydrogen-bond donors (Lipinski definition) is 2. The van der Waals surface area contributed by atoms with Gasteiger partial charge in [-0.05, 0) is 6.42 Å². The molecule has 0 bridgehead atoms. The van der Waals surface area contributed by atoms with Crippen molar-refractivity contribution in [3.8, 4) is 0 Å². The van der Waals surface area contributed by atoms with Crippen molar-refractivity contribution in [1.29, 1.82) is 10.8 Å². The molecule has 0 spiro atoms. The number of rotatable bonds is 3. The van der Waals surface area contributed by atoms with Crippen LogP contribution in [0.3, 0.4) is 0 Å². The van der Waals surface area contributed by atoms with Crippen LogP contribution in [0.5, 0.6) is 0 Å². The lowest BCUT2D eigenvalue weighted by atomic mass is 10.2. The van der Waals surface area contributed by atoms with Gasteiger partial charge in [0.05, 0.1) is 0 Å². The molecule has 0 rings (SSSR count). The quantitative estimate of drug-likeness (QED) is 0.502. The van der Waals surface area contributed by atoms with Crippen molar-refractivity contribution in [2.24, 2.45) is 0 Å². The normalized spacial score (nSPS) is 8.14. The summed E-state index contributed by atoms with van der Waals surface area (Å²) in [6.45, 7) is 2.00. The minimum Gasteiger partial charge on any atom is -0.307 e. The summed E-state index contributed by atoms with van der Waals surface area (Å²) < 4.78 is 0. The van der Waals surface area contributed by atoms with Crippen LogP contribution in [0.25, 0.3) is 0 Å². The number of hydrogen-bond acceptors (Lipinski definition) is 2. The molecule has 0 saturated heterocycles. The Labute approximate surface area is 43.6 Å². The molecular weight excluding hydrogens is 88.1 g/mol. The maximum Gasteiger partial charge on any atom is 0.0489 e. The first-order valence-electron chi connectivity index (χ1n) is 2.39. The molecule has 0 aromatic carbocycles. The smallest absolute Gasteiger partial charge is 0.0489 e. The van der Waals surface area contributed by atoms with Gasteiger partial charge in [0.25, 0.3) is 0 Å². The zero-order chi connectivity index (χ0) is 5.70. The summed E-state index contributed by atoms with van der Waals surface area (Å²) in [6, 6.07) is 0. The maximum absolute atomic E-state index is 6.89. The molecule has 0 unspecified atom stereocenters. The SMILES string of the molecule is CCCC(=N)C=N. The van der Waals surface area contributed by atoms with Crippen molar-refractivity contribution in [1.82, 2.24) is 0 Å². The zero-order valence-corrected chi connectivity index (χ0v) is 4.49. The first-order valence-corrected chi connectivity index (χ1v) is 2.39. The fraction of sp³-hybridized carbons (Fsp3) is 0.600. The van der Waals surface area contributed by atoms with Crippen LogP contribution in [0.2, 0.25) is 0 Å². The maximum atomic E-state index is 6.89. The van der Waals surface area contributed by atoms with E-state index in [2.05, 4.69) is 0 Å². The van der Waals surface area contributed by atoms with E-state index in [0.29, 0.717) is 5.71 Å². The van der Waals surface area contributed by atoms with E-state index >= 15 is 0 Å². The van der Waals surface area contributed by atoms with Crippen molar-refractivity contribution in [3.05, 3.63) is 0 Å². The molecule has 2 heteroatoms. The summed E-state index contributed by atoms with van der Waals surface area (Å²) in [7, 11) is 0. The van der Waals surface area contributed by atoms with E-state index in [1.807, 2.05) is 6.92 Å². The van der Waals surface area contributed by atoms with Gasteiger partial charge in [-0.15, -0.1) is 0 Å². The highest BCUT2D eigenvalue weighted by Crippen LogP contribution is 1.84. The van der Waals surface area contributed by atoms with Gasteiger partial charge in [0.2, 0.25) is 0 Å². The molecule has 0 aliphatic heterocycles. The third-order valence-electron chi connectivity index (χ3n) is 0.694. The Morgan fingerprint density at radius 3 is 2.43 bits per heavy atom. The van der Waals surface area contributed by atoms with Crippen molar-refractivity contribution in [2.45, 2.75) is 19.8 Å². The van der Waals surface area contributed by atoms with Gasteiger partial charge in [0, 0.05) is 11.9 Å². The fourth-order valence-electron chi connectivity index (χ4n) is 0.342. The molecule has 40 valence electrons. The number of nitrogens with one attached hydrogen (secondary N) is 2. The van der Waals surface area contributed by atoms with E-state index in [-0.39, 0.29) is 0 Å². The molecule has 0 aromatic heterocycles. The molecule has 0 aromatic rings. The molecule has 0 aliphatic carbocycles. The molecule has 2 nitrogen and oxygen atoms in total. The molecule has 0 radical (unpaired) electrons. The Morgan fingerprint density at radius 1 is 1.71 bits per heavy atom. The van der Waals surface area contributed by atoms with Crippen LogP contribution in [0.1, 0.15) is 19.8 Å². The van der Waals surface area contributed by atoms with Crippen molar-refractivity contribution < 1.29 is 0 Å². The van der Waals surface area contributed by atoms with Crippen molar-refractivity contribution >= 4 is 11.9 Å². The van der Waals surface area contributed by atoms with E-state index in [1.165, 1.54) is 0 Å². The lowest BCUT2D eigenvalue weighted by molar-refractivity contribution is 0.995. The molecule has 0 atom stereocenters. The van der Waals surface area contributed by atoms with Gasteiger partial charge in [-0.25, -0.2) is 0 Å². The van der Waals surface area contributed by atoms with E-state index in [4.69, 9.17) is 10.8 Å². The Bertz CT molecular complexity index is 76.1. The van der Waals surface area contributed by atoms with Crippen LogP contribution < -0.4 is 0 Å². The molecule has 2 N–H and O–H groups in total. The average molecular weight is 98.1 g/mol. The minimum atomic E-state index is 0.419. The zero-order valence-electron chi connectivity index (χ0n) is 4.49. The van der Waals surface area contributed by atoms with Gasteiger partial charge in [0.15, 0.2) is 0 Å². The highest BCUT2D eigenvalue weighted by Gasteiger charge is 1.83. The van der Waals surface area contributed by atoms with Crippen LogP contribution in [0.4, 0.5) is 0 Å². The molecule has 0 aliphatic rings. The second kappa shape index (κ2) is 3.53. The summed E-state index contributed by atoms with van der Waals surface area (Å²) in [5, 5.41) is 13.5. The van der Waals surface area contributed by atoms with Gasteiger partial charge >= 0.3 is 0 Å². The minimum absolute atomic E-state index is 0.419. The standard InChI is InChI=1S/C5H10N2/c1-2-3-5(7)4-6/h4,6-7H,2-3H2,1H3. The van der Waals surface area contributed by atoms with Gasteiger partial charge in [-0.1, -0.05) is 13.3 Å². The molecule has 0 heterocycles. The van der Waals surface area contributed by atoms with Gasteiger partial charge in [-0.3, -0.25) is 0 Å². The van der Waals surface area contributed by atoms with E-state index in [9.17, 15) is 0 Å². The van der Waals surface area contributed by atoms with Crippen LogP contribution in [-0.2, 0) is 0 Å². The lowest BCUT2D eigenvalue weighted by Crippen LogP contribution is -1.93. The second-order valence-corrected chi connectivity index (χ2v) is 1.42. The highest BCUT2D eigenvalue weighted by molar-refractivity contribution is 6.27. The fourth-order valence-corrected chi connectivity index (χ4v) is 0.342. The van der Waals surface area contributed by atoms with E-state index < -0.39 is 0 Å². The predicted octanol–water partition coefficient (Wildman–Crippen LogP) is 1.46. The first-order chi connectivity index (χ1) is 3.31. The molecule has 7 heavy (non-hydrogen) atoms. The highest BCUT2D eigenvalue weighted by atomic mass is 14.4. The Hall–Kier alpha value is -0.660. The van der Waals surface area contributed by atoms with Crippen LogP contribution >= 0.6 is 0 Å². The Morgan fingerprint density at radius 2 is 2.29 bits per heavy atom. The van der Waals surface area contributed by atoms with Gasteiger partial charge < -0.3 is 10.8 Å². The van der Waals surface area contributed by atoms with Gasteiger partial charge in [-0.2, -0.15) is 0 Å². The Balaban J connectivity index is 3.17. The van der Waals surface area contributed by atoms with Crippen LogP contribution in [0, 0.1) is 10.8 Å². The molecular formula is C5H10N2. The van der Waals surface area contributed by atoms with E-state index in [0.717, 1.165) is 19.1 Å². The average Bonchev–Trinajstić information content (AvgIpc) is 1.68. The summed E-state index contributed by atoms with van der Waals surface area (Å²) in [6.07, 6.45) is 2.79. The lowest BCUT2D eigenvalue weighted by Gasteiger charge is -1.86. The largest absolute Gasteiger partial charge is 0.307 e. The molecule has 0 fully saturated rings. The summed E-state index contributed by atoms with van der Waals surface area (Å²) in [5.74, 6) is 0. The second-order valence-electron chi connectivity index (χ2n) is 1.42.